The molecule has 1 aromatic heterocycles. The Kier molecular flexibility index (Phi) is 3.56. The Balaban J connectivity index is 2.07. The van der Waals surface area contributed by atoms with Crippen molar-refractivity contribution < 1.29 is 4.74 Å². The summed E-state index contributed by atoms with van der Waals surface area (Å²) in [5.41, 5.74) is 8.94. The molecule has 0 spiro atoms. The molecule has 4 heteroatoms. The standard InChI is InChI=1S/C16H19N3O/c1-12-9-13(11-17)10-16(18-12)19-7-4-8-20-15-6-3-2-5-14(15)19/h2-3,5-6,9-10H,4,7-8,11,17H2,1H3. The van der Waals surface area contributed by atoms with Crippen LogP contribution in [-0.2, 0) is 6.54 Å². The van der Waals surface area contributed by atoms with Crippen LogP contribution in [0.3, 0.4) is 0 Å². The Morgan fingerprint density at radius 1 is 1.30 bits per heavy atom. The topological polar surface area (TPSA) is 51.4 Å². The fraction of sp³-hybridized carbons (Fsp3) is 0.312. The van der Waals surface area contributed by atoms with Gasteiger partial charge in [0.25, 0.3) is 0 Å². The van der Waals surface area contributed by atoms with Crippen molar-refractivity contribution in [2.45, 2.75) is 19.9 Å². The number of rotatable bonds is 2. The maximum Gasteiger partial charge on any atom is 0.142 e. The lowest BCUT2D eigenvalue weighted by Crippen LogP contribution is -2.19. The molecule has 0 unspecified atom stereocenters. The average molecular weight is 269 g/mol. The lowest BCUT2D eigenvalue weighted by Gasteiger charge is -2.23. The van der Waals surface area contributed by atoms with Crippen molar-refractivity contribution in [2.24, 2.45) is 5.73 Å². The molecule has 1 aliphatic heterocycles. The summed E-state index contributed by atoms with van der Waals surface area (Å²) < 4.78 is 5.79. The molecule has 0 saturated heterocycles. The number of pyridine rings is 1. The number of nitrogens with two attached hydrogens (primary N) is 1. The molecule has 104 valence electrons. The molecule has 2 N–H and O–H groups in total. The molecule has 2 aromatic rings. The van der Waals surface area contributed by atoms with Crippen LogP contribution in [-0.4, -0.2) is 18.1 Å². The highest BCUT2D eigenvalue weighted by Crippen LogP contribution is 2.35. The maximum absolute atomic E-state index is 5.79. The molecule has 20 heavy (non-hydrogen) atoms. The van der Waals surface area contributed by atoms with Crippen LogP contribution in [0, 0.1) is 6.92 Å². The van der Waals surface area contributed by atoms with E-state index in [1.165, 1.54) is 0 Å². The van der Waals surface area contributed by atoms with Gasteiger partial charge in [0.05, 0.1) is 12.3 Å². The van der Waals surface area contributed by atoms with Gasteiger partial charge >= 0.3 is 0 Å². The SMILES string of the molecule is Cc1cc(CN)cc(N2CCCOc3ccccc32)n1. The summed E-state index contributed by atoms with van der Waals surface area (Å²) in [5, 5.41) is 0. The van der Waals surface area contributed by atoms with E-state index in [0.717, 1.165) is 48.1 Å². The fourth-order valence-corrected chi connectivity index (χ4v) is 2.54. The Morgan fingerprint density at radius 3 is 3.00 bits per heavy atom. The van der Waals surface area contributed by atoms with Crippen molar-refractivity contribution in [2.75, 3.05) is 18.1 Å². The van der Waals surface area contributed by atoms with Crippen LogP contribution in [0.25, 0.3) is 0 Å². The third-order valence-electron chi connectivity index (χ3n) is 3.45. The number of ether oxygens (including phenoxy) is 1. The van der Waals surface area contributed by atoms with E-state index < -0.39 is 0 Å². The number of hydrogen-bond acceptors (Lipinski definition) is 4. The summed E-state index contributed by atoms with van der Waals surface area (Å²) in [4.78, 5) is 6.88. The number of fused-ring (bicyclic) bond motifs is 1. The van der Waals surface area contributed by atoms with Crippen molar-refractivity contribution in [1.82, 2.24) is 4.98 Å². The van der Waals surface area contributed by atoms with E-state index in [-0.39, 0.29) is 0 Å². The van der Waals surface area contributed by atoms with Gasteiger partial charge in [-0.25, -0.2) is 4.98 Å². The molecule has 4 nitrogen and oxygen atoms in total. The number of aryl methyl sites for hydroxylation is 1. The van der Waals surface area contributed by atoms with E-state index in [1.807, 2.05) is 31.2 Å². The third-order valence-corrected chi connectivity index (χ3v) is 3.45. The first-order valence-corrected chi connectivity index (χ1v) is 6.95. The van der Waals surface area contributed by atoms with Crippen LogP contribution >= 0.6 is 0 Å². The van der Waals surface area contributed by atoms with Crippen LogP contribution in [0.4, 0.5) is 11.5 Å². The fourth-order valence-electron chi connectivity index (χ4n) is 2.54. The summed E-state index contributed by atoms with van der Waals surface area (Å²) in [6.45, 7) is 4.17. The Bertz CT molecular complexity index is 612. The molecule has 2 heterocycles. The molecular formula is C16H19N3O. The van der Waals surface area contributed by atoms with E-state index in [2.05, 4.69) is 22.0 Å². The largest absolute Gasteiger partial charge is 0.491 e. The van der Waals surface area contributed by atoms with Crippen LogP contribution in [0.15, 0.2) is 36.4 Å². The van der Waals surface area contributed by atoms with Crippen molar-refractivity contribution >= 4 is 11.5 Å². The third kappa shape index (κ3) is 2.47. The zero-order valence-corrected chi connectivity index (χ0v) is 11.7. The second-order valence-corrected chi connectivity index (χ2v) is 5.00. The highest BCUT2D eigenvalue weighted by Gasteiger charge is 2.18. The Hall–Kier alpha value is -2.07. The van der Waals surface area contributed by atoms with Gasteiger partial charge in [-0.1, -0.05) is 12.1 Å². The monoisotopic (exact) mass is 269 g/mol. The minimum absolute atomic E-state index is 0.530. The average Bonchev–Trinajstić information content (AvgIpc) is 2.69. The molecule has 1 aromatic carbocycles. The number of nitrogens with zero attached hydrogens (tertiary/aromatic N) is 2. The van der Waals surface area contributed by atoms with Gasteiger partial charge < -0.3 is 15.4 Å². The van der Waals surface area contributed by atoms with Crippen LogP contribution in [0.1, 0.15) is 17.7 Å². The van der Waals surface area contributed by atoms with E-state index in [9.17, 15) is 0 Å². The van der Waals surface area contributed by atoms with E-state index in [1.54, 1.807) is 0 Å². The predicted molar refractivity (Wildman–Crippen MR) is 80.4 cm³/mol. The van der Waals surface area contributed by atoms with Crippen molar-refractivity contribution in [3.05, 3.63) is 47.7 Å². The highest BCUT2D eigenvalue weighted by atomic mass is 16.5. The van der Waals surface area contributed by atoms with E-state index >= 15 is 0 Å². The molecule has 0 atom stereocenters. The Labute approximate surface area is 119 Å². The van der Waals surface area contributed by atoms with Crippen molar-refractivity contribution in [1.29, 1.82) is 0 Å². The molecule has 0 bridgehead atoms. The molecule has 3 rings (SSSR count). The first-order valence-electron chi connectivity index (χ1n) is 6.95. The quantitative estimate of drug-likeness (QED) is 0.910. The second kappa shape index (κ2) is 5.51. The summed E-state index contributed by atoms with van der Waals surface area (Å²) >= 11 is 0. The smallest absolute Gasteiger partial charge is 0.142 e. The molecule has 1 aliphatic rings. The van der Waals surface area contributed by atoms with Gasteiger partial charge in [0.15, 0.2) is 0 Å². The maximum atomic E-state index is 5.79. The van der Waals surface area contributed by atoms with E-state index in [0.29, 0.717) is 6.54 Å². The lowest BCUT2D eigenvalue weighted by molar-refractivity contribution is 0.322. The van der Waals surface area contributed by atoms with Gasteiger partial charge in [0.2, 0.25) is 0 Å². The van der Waals surface area contributed by atoms with Crippen LogP contribution in [0.2, 0.25) is 0 Å². The van der Waals surface area contributed by atoms with Crippen molar-refractivity contribution in [3.8, 4) is 5.75 Å². The second-order valence-electron chi connectivity index (χ2n) is 5.00. The lowest BCUT2D eigenvalue weighted by atomic mass is 10.2. The normalized spacial score (nSPS) is 14.4. The molecule has 0 saturated carbocycles. The molecule has 0 amide bonds. The molecular weight excluding hydrogens is 250 g/mol. The molecule has 0 radical (unpaired) electrons. The van der Waals surface area contributed by atoms with Crippen LogP contribution in [0.5, 0.6) is 5.75 Å². The number of para-hydroxylation sites is 2. The highest BCUT2D eigenvalue weighted by molar-refractivity contribution is 5.68. The summed E-state index contributed by atoms with van der Waals surface area (Å²) in [7, 11) is 0. The van der Waals surface area contributed by atoms with Gasteiger partial charge in [0, 0.05) is 18.8 Å². The first-order chi connectivity index (χ1) is 9.78. The summed E-state index contributed by atoms with van der Waals surface area (Å²) in [6.07, 6.45) is 0.974. The van der Waals surface area contributed by atoms with Gasteiger partial charge in [-0.2, -0.15) is 0 Å². The summed E-state index contributed by atoms with van der Waals surface area (Å²) in [6, 6.07) is 12.2. The Morgan fingerprint density at radius 2 is 2.15 bits per heavy atom. The minimum atomic E-state index is 0.530. The minimum Gasteiger partial charge on any atom is -0.491 e. The van der Waals surface area contributed by atoms with Gasteiger partial charge in [0.1, 0.15) is 11.6 Å². The molecule has 0 aliphatic carbocycles. The number of anilines is 2. The zero-order valence-electron chi connectivity index (χ0n) is 11.7. The predicted octanol–water partition coefficient (Wildman–Crippen LogP) is 2.77. The van der Waals surface area contributed by atoms with Crippen molar-refractivity contribution in [3.63, 3.8) is 0 Å². The van der Waals surface area contributed by atoms with Gasteiger partial charge in [-0.3, -0.25) is 0 Å². The van der Waals surface area contributed by atoms with Crippen LogP contribution < -0.4 is 15.4 Å². The van der Waals surface area contributed by atoms with Gasteiger partial charge in [-0.15, -0.1) is 0 Å². The van der Waals surface area contributed by atoms with Gasteiger partial charge in [-0.05, 0) is 43.2 Å². The summed E-state index contributed by atoms with van der Waals surface area (Å²) in [5.74, 6) is 1.87. The molecule has 0 fully saturated rings. The number of hydrogen-bond donors (Lipinski definition) is 1. The zero-order chi connectivity index (χ0) is 13.9. The van der Waals surface area contributed by atoms with E-state index in [4.69, 9.17) is 10.5 Å². The number of benzene rings is 1. The number of aromatic nitrogens is 1. The first kappa shape index (κ1) is 12.9.